The van der Waals surface area contributed by atoms with E-state index in [2.05, 4.69) is 28.3 Å². The molecule has 4 N–H and O–H groups in total. The molecule has 0 bridgehead atoms. The Balaban J connectivity index is 1.90. The lowest BCUT2D eigenvalue weighted by molar-refractivity contribution is 0.182. The van der Waals surface area contributed by atoms with Gasteiger partial charge in [-0.1, -0.05) is 0 Å². The third-order valence-corrected chi connectivity index (χ3v) is 3.19. The van der Waals surface area contributed by atoms with E-state index in [1.807, 2.05) is 12.3 Å². The van der Waals surface area contributed by atoms with Gasteiger partial charge in [-0.25, -0.2) is 0 Å². The number of nitrogens with zero attached hydrogens (tertiary/aromatic N) is 1. The second kappa shape index (κ2) is 4.79. The standard InChI is InChI=1S/C11H20N4/c1-15-6-5-13-8-9(15)7-10(12)11-3-2-4-14-11/h2-4,9-10,13-14H,5-8,12H2,1H3. The molecule has 15 heavy (non-hydrogen) atoms. The number of hydrogen-bond acceptors (Lipinski definition) is 3. The number of likely N-dealkylation sites (N-methyl/N-ethyl adjacent to an activating group) is 1. The maximum absolute atomic E-state index is 6.15. The molecule has 0 saturated carbocycles. The van der Waals surface area contributed by atoms with Gasteiger partial charge >= 0.3 is 0 Å². The first-order chi connectivity index (χ1) is 7.27. The summed E-state index contributed by atoms with van der Waals surface area (Å²) in [4.78, 5) is 5.57. The highest BCUT2D eigenvalue weighted by molar-refractivity contribution is 5.09. The quantitative estimate of drug-likeness (QED) is 0.670. The van der Waals surface area contributed by atoms with E-state index in [0.29, 0.717) is 6.04 Å². The highest BCUT2D eigenvalue weighted by atomic mass is 15.2. The van der Waals surface area contributed by atoms with Gasteiger partial charge in [-0.2, -0.15) is 0 Å². The van der Waals surface area contributed by atoms with Gasteiger partial charge in [0.15, 0.2) is 0 Å². The van der Waals surface area contributed by atoms with Gasteiger partial charge in [0.25, 0.3) is 0 Å². The fourth-order valence-electron chi connectivity index (χ4n) is 2.12. The summed E-state index contributed by atoms with van der Waals surface area (Å²) in [5.74, 6) is 0. The number of aromatic nitrogens is 1. The predicted octanol–water partition coefficient (Wildman–Crippen LogP) is 0.308. The Morgan fingerprint density at radius 3 is 3.20 bits per heavy atom. The van der Waals surface area contributed by atoms with Gasteiger partial charge in [0.2, 0.25) is 0 Å². The molecule has 1 aliphatic heterocycles. The maximum atomic E-state index is 6.15. The molecule has 4 heteroatoms. The van der Waals surface area contributed by atoms with E-state index in [-0.39, 0.29) is 6.04 Å². The SMILES string of the molecule is CN1CCNCC1CC(N)c1ccc[nH]1. The van der Waals surface area contributed by atoms with Crippen molar-refractivity contribution in [1.82, 2.24) is 15.2 Å². The molecule has 1 aliphatic rings. The van der Waals surface area contributed by atoms with Crippen molar-refractivity contribution in [1.29, 1.82) is 0 Å². The third kappa shape index (κ3) is 2.59. The van der Waals surface area contributed by atoms with Crippen molar-refractivity contribution >= 4 is 0 Å². The number of nitrogens with two attached hydrogens (primary N) is 1. The van der Waals surface area contributed by atoms with Crippen LogP contribution in [0.15, 0.2) is 18.3 Å². The van der Waals surface area contributed by atoms with Crippen LogP contribution in [-0.4, -0.2) is 42.6 Å². The molecular formula is C11H20N4. The van der Waals surface area contributed by atoms with Crippen molar-refractivity contribution in [3.8, 4) is 0 Å². The maximum Gasteiger partial charge on any atom is 0.0463 e. The van der Waals surface area contributed by atoms with E-state index in [4.69, 9.17) is 5.73 Å². The van der Waals surface area contributed by atoms with Gasteiger partial charge in [0.05, 0.1) is 0 Å². The van der Waals surface area contributed by atoms with E-state index >= 15 is 0 Å². The molecule has 0 amide bonds. The summed E-state index contributed by atoms with van der Waals surface area (Å²) in [7, 11) is 2.17. The van der Waals surface area contributed by atoms with Crippen LogP contribution in [0.1, 0.15) is 18.2 Å². The number of H-pyrrole nitrogens is 1. The van der Waals surface area contributed by atoms with E-state index in [1.165, 1.54) is 0 Å². The minimum absolute atomic E-state index is 0.118. The Bertz CT molecular complexity index is 283. The fourth-order valence-corrected chi connectivity index (χ4v) is 2.12. The lowest BCUT2D eigenvalue weighted by Gasteiger charge is -2.34. The van der Waals surface area contributed by atoms with Gasteiger partial charge in [0.1, 0.15) is 0 Å². The Hall–Kier alpha value is -0.840. The molecule has 0 spiro atoms. The first-order valence-corrected chi connectivity index (χ1v) is 5.57. The first-order valence-electron chi connectivity index (χ1n) is 5.57. The summed E-state index contributed by atoms with van der Waals surface area (Å²) < 4.78 is 0. The van der Waals surface area contributed by atoms with Crippen molar-refractivity contribution < 1.29 is 0 Å². The topological polar surface area (TPSA) is 57.1 Å². The van der Waals surface area contributed by atoms with Gasteiger partial charge in [-0.05, 0) is 25.6 Å². The second-order valence-electron chi connectivity index (χ2n) is 4.31. The van der Waals surface area contributed by atoms with Gasteiger partial charge in [-0.15, -0.1) is 0 Å². The molecule has 0 radical (unpaired) electrons. The van der Waals surface area contributed by atoms with Crippen LogP contribution >= 0.6 is 0 Å². The number of aromatic amines is 1. The number of hydrogen-bond donors (Lipinski definition) is 3. The summed E-state index contributed by atoms with van der Waals surface area (Å²) >= 11 is 0. The van der Waals surface area contributed by atoms with Crippen LogP contribution in [0.25, 0.3) is 0 Å². The third-order valence-electron chi connectivity index (χ3n) is 3.19. The van der Waals surface area contributed by atoms with Gasteiger partial charge in [-0.3, -0.25) is 0 Å². The average Bonchev–Trinajstić information content (AvgIpc) is 2.74. The first kappa shape index (κ1) is 10.7. The van der Waals surface area contributed by atoms with Crippen molar-refractivity contribution in [3.63, 3.8) is 0 Å². The van der Waals surface area contributed by atoms with Crippen molar-refractivity contribution in [2.24, 2.45) is 5.73 Å². The van der Waals surface area contributed by atoms with Crippen LogP contribution in [0.2, 0.25) is 0 Å². The molecule has 2 heterocycles. The minimum Gasteiger partial charge on any atom is -0.364 e. The molecule has 1 aromatic heterocycles. The molecule has 2 rings (SSSR count). The molecule has 1 saturated heterocycles. The van der Waals surface area contributed by atoms with E-state index in [9.17, 15) is 0 Å². The lowest BCUT2D eigenvalue weighted by atomic mass is 10.0. The predicted molar refractivity (Wildman–Crippen MR) is 61.6 cm³/mol. The zero-order valence-corrected chi connectivity index (χ0v) is 9.24. The van der Waals surface area contributed by atoms with E-state index in [1.54, 1.807) is 0 Å². The highest BCUT2D eigenvalue weighted by Crippen LogP contribution is 2.16. The summed E-state index contributed by atoms with van der Waals surface area (Å²) in [6, 6.07) is 4.73. The van der Waals surface area contributed by atoms with Crippen LogP contribution < -0.4 is 11.1 Å². The van der Waals surface area contributed by atoms with Crippen LogP contribution in [0, 0.1) is 0 Å². The summed E-state index contributed by atoms with van der Waals surface area (Å²) in [6.07, 6.45) is 2.93. The van der Waals surface area contributed by atoms with Gasteiger partial charge < -0.3 is 20.9 Å². The van der Waals surface area contributed by atoms with Gasteiger partial charge in [0, 0.05) is 43.6 Å². The van der Waals surface area contributed by atoms with Crippen molar-refractivity contribution in [3.05, 3.63) is 24.0 Å². The molecule has 84 valence electrons. The van der Waals surface area contributed by atoms with E-state index < -0.39 is 0 Å². The smallest absolute Gasteiger partial charge is 0.0463 e. The van der Waals surface area contributed by atoms with Crippen molar-refractivity contribution in [2.75, 3.05) is 26.7 Å². The Morgan fingerprint density at radius 2 is 2.53 bits per heavy atom. The van der Waals surface area contributed by atoms with Crippen LogP contribution in [0.4, 0.5) is 0 Å². The molecule has 1 fully saturated rings. The fraction of sp³-hybridized carbons (Fsp3) is 0.636. The summed E-state index contributed by atoms with van der Waals surface area (Å²) in [5, 5.41) is 3.41. The zero-order valence-electron chi connectivity index (χ0n) is 9.24. The van der Waals surface area contributed by atoms with Crippen molar-refractivity contribution in [2.45, 2.75) is 18.5 Å². The molecule has 1 aromatic rings. The number of nitrogens with one attached hydrogen (secondary N) is 2. The minimum atomic E-state index is 0.118. The Kier molecular flexibility index (Phi) is 3.41. The molecule has 2 atom stereocenters. The molecule has 0 aliphatic carbocycles. The zero-order chi connectivity index (χ0) is 10.7. The molecule has 2 unspecified atom stereocenters. The average molecular weight is 208 g/mol. The van der Waals surface area contributed by atoms with E-state index in [0.717, 1.165) is 31.7 Å². The highest BCUT2D eigenvalue weighted by Gasteiger charge is 2.21. The normalized spacial score (nSPS) is 25.3. The number of piperazine rings is 1. The Labute approximate surface area is 90.8 Å². The molecule has 0 aromatic carbocycles. The monoisotopic (exact) mass is 208 g/mol. The molecule has 4 nitrogen and oxygen atoms in total. The molecular weight excluding hydrogens is 188 g/mol. The number of rotatable bonds is 3. The summed E-state index contributed by atoms with van der Waals surface area (Å²) in [5.41, 5.74) is 7.28. The second-order valence-corrected chi connectivity index (χ2v) is 4.31. The lowest BCUT2D eigenvalue weighted by Crippen LogP contribution is -2.50. The van der Waals surface area contributed by atoms with Crippen LogP contribution in [0.3, 0.4) is 0 Å². The Morgan fingerprint density at radius 1 is 1.67 bits per heavy atom. The largest absolute Gasteiger partial charge is 0.364 e. The van der Waals surface area contributed by atoms with Crippen LogP contribution in [-0.2, 0) is 0 Å². The van der Waals surface area contributed by atoms with Crippen LogP contribution in [0.5, 0.6) is 0 Å². The summed E-state index contributed by atoms with van der Waals surface area (Å²) in [6.45, 7) is 3.25.